The second-order valence-corrected chi connectivity index (χ2v) is 5.50. The normalized spacial score (nSPS) is 15.0. The number of ether oxygens (including phenoxy) is 3. The summed E-state index contributed by atoms with van der Waals surface area (Å²) in [4.78, 5) is 24.8. The van der Waals surface area contributed by atoms with Crippen molar-refractivity contribution in [2.24, 2.45) is 0 Å². The molecule has 5 nitrogen and oxygen atoms in total. The van der Waals surface area contributed by atoms with Gasteiger partial charge in [-0.05, 0) is 42.0 Å². The Morgan fingerprint density at radius 1 is 1.00 bits per heavy atom. The fraction of sp³-hybridized carbons (Fsp3) is 0.111. The number of hydrogen-bond donors (Lipinski definition) is 0. The van der Waals surface area contributed by atoms with Gasteiger partial charge in [-0.25, -0.2) is 4.79 Å². The van der Waals surface area contributed by atoms with Crippen molar-refractivity contribution in [2.45, 2.75) is 0 Å². The molecule has 0 bridgehead atoms. The first kappa shape index (κ1) is 16.1. The molecule has 0 aromatic heterocycles. The molecule has 6 heteroatoms. The molecule has 0 N–H and O–H groups in total. The number of Topliss-reactive ketones (excluding diaryl/α,β-unsaturated/α-hetero) is 1. The van der Waals surface area contributed by atoms with Crippen LogP contribution in [0.3, 0.4) is 0 Å². The predicted molar refractivity (Wildman–Crippen MR) is 88.9 cm³/mol. The summed E-state index contributed by atoms with van der Waals surface area (Å²) in [6.45, 7) is 0. The van der Waals surface area contributed by atoms with E-state index in [0.717, 1.165) is 0 Å². The van der Waals surface area contributed by atoms with Crippen molar-refractivity contribution in [3.63, 3.8) is 0 Å². The summed E-state index contributed by atoms with van der Waals surface area (Å²) in [6, 6.07) is 9.60. The molecule has 122 valence electrons. The Kier molecular flexibility index (Phi) is 4.27. The first-order valence-corrected chi connectivity index (χ1v) is 7.41. The molecular formula is C18H13ClO5. The van der Waals surface area contributed by atoms with Gasteiger partial charge in [-0.1, -0.05) is 11.6 Å². The Morgan fingerprint density at radius 3 is 2.29 bits per heavy atom. The van der Waals surface area contributed by atoms with Crippen molar-refractivity contribution in [2.75, 3.05) is 14.2 Å². The molecule has 0 spiro atoms. The van der Waals surface area contributed by atoms with Gasteiger partial charge in [0.2, 0.25) is 5.78 Å². The smallest absolute Gasteiger partial charge is 0.347 e. The lowest BCUT2D eigenvalue weighted by Gasteiger charge is -2.17. The van der Waals surface area contributed by atoms with E-state index in [-0.39, 0.29) is 16.9 Å². The summed E-state index contributed by atoms with van der Waals surface area (Å²) in [5, 5.41) is 0.391. The van der Waals surface area contributed by atoms with Crippen molar-refractivity contribution >= 4 is 29.4 Å². The minimum absolute atomic E-state index is 0.0833. The van der Waals surface area contributed by atoms with E-state index in [1.165, 1.54) is 32.4 Å². The Hall–Kier alpha value is -2.79. The molecule has 2 aromatic rings. The Morgan fingerprint density at radius 2 is 1.67 bits per heavy atom. The van der Waals surface area contributed by atoms with Gasteiger partial charge in [0, 0.05) is 11.1 Å². The van der Waals surface area contributed by atoms with Crippen molar-refractivity contribution < 1.29 is 23.8 Å². The van der Waals surface area contributed by atoms with Crippen LogP contribution >= 0.6 is 11.6 Å². The minimum Gasteiger partial charge on any atom is -0.497 e. The maximum absolute atomic E-state index is 12.6. The second kappa shape index (κ2) is 6.37. The molecule has 0 unspecified atom stereocenters. The van der Waals surface area contributed by atoms with Gasteiger partial charge < -0.3 is 14.2 Å². The van der Waals surface area contributed by atoms with Crippen LogP contribution in [0.25, 0.3) is 6.08 Å². The molecule has 0 aliphatic carbocycles. The van der Waals surface area contributed by atoms with Crippen LogP contribution in [0.15, 0.2) is 42.0 Å². The van der Waals surface area contributed by atoms with Crippen LogP contribution in [0, 0.1) is 0 Å². The van der Waals surface area contributed by atoms with Crippen LogP contribution in [0.5, 0.6) is 17.2 Å². The lowest BCUT2D eigenvalue weighted by molar-refractivity contribution is -0.130. The van der Waals surface area contributed by atoms with Gasteiger partial charge >= 0.3 is 5.97 Å². The Balaban J connectivity index is 2.07. The maximum Gasteiger partial charge on any atom is 0.347 e. The first-order chi connectivity index (χ1) is 11.5. The molecule has 0 saturated carbocycles. The molecule has 0 atom stereocenters. The number of ketones is 1. The predicted octanol–water partition coefficient (Wildman–Crippen LogP) is 3.54. The number of halogens is 1. The van der Waals surface area contributed by atoms with Gasteiger partial charge in [-0.15, -0.1) is 0 Å². The minimum atomic E-state index is -0.711. The number of rotatable bonds is 3. The van der Waals surface area contributed by atoms with E-state index in [1.807, 2.05) is 0 Å². The number of benzene rings is 2. The number of methoxy groups -OCH3 is 2. The lowest BCUT2D eigenvalue weighted by atomic mass is 9.98. The van der Waals surface area contributed by atoms with Crippen LogP contribution in [0.2, 0.25) is 5.02 Å². The van der Waals surface area contributed by atoms with Crippen LogP contribution in [0.1, 0.15) is 15.9 Å². The highest BCUT2D eigenvalue weighted by atomic mass is 35.5. The molecule has 1 aliphatic heterocycles. The van der Waals surface area contributed by atoms with E-state index in [9.17, 15) is 9.59 Å². The quantitative estimate of drug-likeness (QED) is 0.369. The highest BCUT2D eigenvalue weighted by molar-refractivity contribution is 6.33. The molecule has 0 saturated heterocycles. The van der Waals surface area contributed by atoms with Crippen LogP contribution in [-0.2, 0) is 4.79 Å². The van der Waals surface area contributed by atoms with E-state index in [0.29, 0.717) is 22.1 Å². The maximum atomic E-state index is 12.6. The number of carbonyl (C=O) groups is 2. The Bertz CT molecular complexity index is 847. The van der Waals surface area contributed by atoms with Gasteiger partial charge in [0.05, 0.1) is 19.8 Å². The molecule has 0 fully saturated rings. The standard InChI is InChI=1S/C18H13ClO5/c1-22-12-5-10(6-13(9-12)23-2)7-15-17(20)14-8-11(19)3-4-16(14)24-18(15)21/h3-9H,1-2H3/b15-7-. The first-order valence-electron chi connectivity index (χ1n) is 7.03. The van der Waals surface area contributed by atoms with E-state index >= 15 is 0 Å². The summed E-state index contributed by atoms with van der Waals surface area (Å²) in [5.41, 5.74) is 0.750. The lowest BCUT2D eigenvalue weighted by Crippen LogP contribution is -2.25. The average Bonchev–Trinajstić information content (AvgIpc) is 2.59. The van der Waals surface area contributed by atoms with Gasteiger partial charge in [-0.2, -0.15) is 0 Å². The van der Waals surface area contributed by atoms with E-state index in [1.54, 1.807) is 24.3 Å². The van der Waals surface area contributed by atoms with E-state index < -0.39 is 11.8 Å². The monoisotopic (exact) mass is 344 g/mol. The fourth-order valence-electron chi connectivity index (χ4n) is 2.37. The highest BCUT2D eigenvalue weighted by Crippen LogP contribution is 2.32. The fourth-order valence-corrected chi connectivity index (χ4v) is 2.54. The highest BCUT2D eigenvalue weighted by Gasteiger charge is 2.30. The number of esters is 1. The van der Waals surface area contributed by atoms with E-state index in [2.05, 4.69) is 0 Å². The zero-order chi connectivity index (χ0) is 17.3. The molecule has 2 aromatic carbocycles. The summed E-state index contributed by atoms with van der Waals surface area (Å²) in [5.74, 6) is 0.138. The molecule has 1 aliphatic rings. The summed E-state index contributed by atoms with van der Waals surface area (Å²) >= 11 is 5.92. The average molecular weight is 345 g/mol. The molecule has 3 rings (SSSR count). The van der Waals surface area contributed by atoms with Crippen LogP contribution < -0.4 is 14.2 Å². The summed E-state index contributed by atoms with van der Waals surface area (Å²) in [6.07, 6.45) is 1.44. The third-order valence-corrected chi connectivity index (χ3v) is 3.77. The van der Waals surface area contributed by atoms with Crippen LogP contribution in [-0.4, -0.2) is 26.0 Å². The summed E-state index contributed by atoms with van der Waals surface area (Å²) in [7, 11) is 3.04. The molecule has 0 radical (unpaired) electrons. The van der Waals surface area contributed by atoms with E-state index in [4.69, 9.17) is 25.8 Å². The van der Waals surface area contributed by atoms with Gasteiger partial charge in [0.1, 0.15) is 22.8 Å². The Labute approximate surface area is 143 Å². The molecule has 0 amide bonds. The number of carbonyl (C=O) groups excluding carboxylic acids is 2. The molecular weight excluding hydrogens is 332 g/mol. The van der Waals surface area contributed by atoms with Crippen molar-refractivity contribution in [3.8, 4) is 17.2 Å². The third kappa shape index (κ3) is 2.98. The SMILES string of the molecule is COc1cc(/C=C2\C(=O)Oc3ccc(Cl)cc3C2=O)cc(OC)c1. The topological polar surface area (TPSA) is 61.8 Å². The largest absolute Gasteiger partial charge is 0.497 e. The number of fused-ring (bicyclic) bond motifs is 1. The van der Waals surface area contributed by atoms with Gasteiger partial charge in [0.15, 0.2) is 0 Å². The van der Waals surface area contributed by atoms with Crippen molar-refractivity contribution in [1.82, 2.24) is 0 Å². The number of hydrogen-bond acceptors (Lipinski definition) is 5. The molecule has 24 heavy (non-hydrogen) atoms. The van der Waals surface area contributed by atoms with Crippen molar-refractivity contribution in [1.29, 1.82) is 0 Å². The zero-order valence-electron chi connectivity index (χ0n) is 13.0. The van der Waals surface area contributed by atoms with Crippen LogP contribution in [0.4, 0.5) is 0 Å². The third-order valence-electron chi connectivity index (χ3n) is 3.54. The zero-order valence-corrected chi connectivity index (χ0v) is 13.7. The summed E-state index contributed by atoms with van der Waals surface area (Å²) < 4.78 is 15.6. The second-order valence-electron chi connectivity index (χ2n) is 5.06. The molecule has 1 heterocycles. The van der Waals surface area contributed by atoms with Gasteiger partial charge in [-0.3, -0.25) is 4.79 Å². The van der Waals surface area contributed by atoms with Crippen molar-refractivity contribution in [3.05, 3.63) is 58.1 Å². The van der Waals surface area contributed by atoms with Gasteiger partial charge in [0.25, 0.3) is 0 Å².